The fraction of sp³-hybridized carbons (Fsp3) is 0.462. The van der Waals surface area contributed by atoms with E-state index in [0.717, 1.165) is 25.9 Å². The highest BCUT2D eigenvalue weighted by atomic mass is 35.5. The zero-order valence-corrected chi connectivity index (χ0v) is 11.7. The number of halogens is 1. The lowest BCUT2D eigenvalue weighted by Crippen LogP contribution is -2.41. The molecule has 0 saturated carbocycles. The van der Waals surface area contributed by atoms with E-state index < -0.39 is 0 Å². The van der Waals surface area contributed by atoms with Crippen molar-refractivity contribution in [2.24, 2.45) is 5.92 Å². The van der Waals surface area contributed by atoms with Crippen LogP contribution in [0.5, 0.6) is 0 Å². The Morgan fingerprint density at radius 1 is 1.55 bits per heavy atom. The Bertz CT molecular complexity index is 581. The van der Waals surface area contributed by atoms with Crippen LogP contribution in [0.1, 0.15) is 23.2 Å². The number of amides is 1. The molecule has 3 heterocycles. The lowest BCUT2D eigenvalue weighted by atomic mass is 9.97. The summed E-state index contributed by atoms with van der Waals surface area (Å²) in [5, 5.41) is 4.27. The number of carbonyl (C=O) groups is 1. The number of furan rings is 1. The average molecular weight is 295 g/mol. The van der Waals surface area contributed by atoms with Crippen molar-refractivity contribution in [2.75, 3.05) is 13.1 Å². The Balaban J connectivity index is 1.66. The van der Waals surface area contributed by atoms with Crippen LogP contribution >= 0.6 is 11.6 Å². The molecular formula is C13H15ClN4O2. The monoisotopic (exact) mass is 294 g/mol. The maximum absolute atomic E-state index is 12.4. The molecule has 1 saturated heterocycles. The number of likely N-dealkylation sites (tertiary alicyclic amines) is 1. The third kappa shape index (κ3) is 2.70. The normalized spacial score (nSPS) is 19.2. The van der Waals surface area contributed by atoms with Gasteiger partial charge in [0.2, 0.25) is 5.22 Å². The Labute approximate surface area is 121 Å². The van der Waals surface area contributed by atoms with Crippen molar-refractivity contribution in [3.8, 4) is 0 Å². The summed E-state index contributed by atoms with van der Waals surface area (Å²) in [6, 6.07) is 1.62. The predicted octanol–water partition coefficient (Wildman–Crippen LogP) is 2.08. The van der Waals surface area contributed by atoms with E-state index in [0.29, 0.717) is 18.0 Å². The van der Waals surface area contributed by atoms with Crippen LogP contribution in [0.15, 0.2) is 29.4 Å². The van der Waals surface area contributed by atoms with Crippen molar-refractivity contribution < 1.29 is 9.21 Å². The highest BCUT2D eigenvalue weighted by Crippen LogP contribution is 2.23. The zero-order valence-electron chi connectivity index (χ0n) is 10.9. The number of hydrogen-bond acceptors (Lipinski definition) is 4. The molecule has 2 aromatic heterocycles. The van der Waals surface area contributed by atoms with Crippen LogP contribution in [-0.2, 0) is 6.54 Å². The third-order valence-electron chi connectivity index (χ3n) is 3.57. The Morgan fingerprint density at radius 3 is 3.15 bits per heavy atom. The van der Waals surface area contributed by atoms with Gasteiger partial charge in [-0.1, -0.05) is 0 Å². The first kappa shape index (κ1) is 13.2. The molecule has 0 unspecified atom stereocenters. The standard InChI is InChI=1S/C13H15ClN4O2/c14-12-11(3-5-20-12)13(19)17-4-1-2-10(6-17)7-18-9-15-8-16-18/h3,5,8-10H,1-2,4,6-7H2/t10-/m1/s1. The van der Waals surface area contributed by atoms with E-state index in [1.807, 2.05) is 9.58 Å². The first-order valence-electron chi connectivity index (χ1n) is 6.58. The van der Waals surface area contributed by atoms with Crippen molar-refractivity contribution >= 4 is 17.5 Å². The molecule has 0 aliphatic carbocycles. The molecule has 6 nitrogen and oxygen atoms in total. The number of nitrogens with zero attached hydrogens (tertiary/aromatic N) is 4. The van der Waals surface area contributed by atoms with Crippen LogP contribution in [0.25, 0.3) is 0 Å². The molecule has 0 spiro atoms. The van der Waals surface area contributed by atoms with Gasteiger partial charge in [-0.3, -0.25) is 9.48 Å². The molecule has 7 heteroatoms. The molecule has 1 atom stereocenters. The predicted molar refractivity (Wildman–Crippen MR) is 72.4 cm³/mol. The number of carbonyl (C=O) groups excluding carboxylic acids is 1. The van der Waals surface area contributed by atoms with E-state index in [1.54, 1.807) is 12.4 Å². The van der Waals surface area contributed by atoms with Crippen molar-refractivity contribution in [3.63, 3.8) is 0 Å². The lowest BCUT2D eigenvalue weighted by molar-refractivity contribution is 0.0659. The molecule has 0 bridgehead atoms. The van der Waals surface area contributed by atoms with Gasteiger partial charge in [0.05, 0.1) is 11.8 Å². The van der Waals surface area contributed by atoms with E-state index in [1.165, 1.54) is 12.6 Å². The topological polar surface area (TPSA) is 64.2 Å². The first-order valence-corrected chi connectivity index (χ1v) is 6.96. The van der Waals surface area contributed by atoms with Gasteiger partial charge in [0.15, 0.2) is 0 Å². The first-order chi connectivity index (χ1) is 9.74. The number of piperidine rings is 1. The summed E-state index contributed by atoms with van der Waals surface area (Å²) in [4.78, 5) is 18.1. The van der Waals surface area contributed by atoms with Gasteiger partial charge in [0, 0.05) is 19.6 Å². The van der Waals surface area contributed by atoms with Gasteiger partial charge in [0.1, 0.15) is 12.7 Å². The minimum atomic E-state index is -0.0629. The van der Waals surface area contributed by atoms with Gasteiger partial charge in [-0.05, 0) is 36.4 Å². The SMILES string of the molecule is O=C(c1ccoc1Cl)N1CCC[C@@H](Cn2cncn2)C1. The second kappa shape index (κ2) is 5.66. The molecule has 106 valence electrons. The smallest absolute Gasteiger partial charge is 0.258 e. The third-order valence-corrected chi connectivity index (χ3v) is 3.86. The van der Waals surface area contributed by atoms with Crippen molar-refractivity contribution in [1.82, 2.24) is 19.7 Å². The van der Waals surface area contributed by atoms with Gasteiger partial charge in [0.25, 0.3) is 5.91 Å². The van der Waals surface area contributed by atoms with E-state index in [4.69, 9.17) is 16.0 Å². The van der Waals surface area contributed by atoms with E-state index in [9.17, 15) is 4.79 Å². The minimum absolute atomic E-state index is 0.0629. The summed E-state index contributed by atoms with van der Waals surface area (Å²) in [5.74, 6) is 0.326. The van der Waals surface area contributed by atoms with Crippen LogP contribution in [0, 0.1) is 5.92 Å². The zero-order chi connectivity index (χ0) is 13.9. The Hall–Kier alpha value is -1.82. The fourth-order valence-corrected chi connectivity index (χ4v) is 2.80. The summed E-state index contributed by atoms with van der Waals surface area (Å²) in [5.41, 5.74) is 0.438. The van der Waals surface area contributed by atoms with Gasteiger partial charge < -0.3 is 9.32 Å². The van der Waals surface area contributed by atoms with Crippen LogP contribution < -0.4 is 0 Å². The van der Waals surface area contributed by atoms with Crippen LogP contribution in [-0.4, -0.2) is 38.7 Å². The van der Waals surface area contributed by atoms with Crippen molar-refractivity contribution in [1.29, 1.82) is 0 Å². The van der Waals surface area contributed by atoms with Gasteiger partial charge in [-0.25, -0.2) is 4.98 Å². The molecule has 3 rings (SSSR count). The van der Waals surface area contributed by atoms with Crippen molar-refractivity contribution in [2.45, 2.75) is 19.4 Å². The fourth-order valence-electron chi connectivity index (χ4n) is 2.61. The molecule has 1 aliphatic rings. The van der Waals surface area contributed by atoms with Crippen molar-refractivity contribution in [3.05, 3.63) is 35.8 Å². The summed E-state index contributed by atoms with van der Waals surface area (Å²) >= 11 is 5.87. The number of rotatable bonds is 3. The lowest BCUT2D eigenvalue weighted by Gasteiger charge is -2.32. The largest absolute Gasteiger partial charge is 0.452 e. The molecule has 1 aliphatic heterocycles. The quantitative estimate of drug-likeness (QED) is 0.869. The Kier molecular flexibility index (Phi) is 3.73. The highest BCUT2D eigenvalue weighted by Gasteiger charge is 2.26. The Morgan fingerprint density at radius 2 is 2.45 bits per heavy atom. The second-order valence-corrected chi connectivity index (χ2v) is 5.33. The highest BCUT2D eigenvalue weighted by molar-refractivity contribution is 6.32. The molecule has 0 radical (unpaired) electrons. The van der Waals surface area contributed by atoms with Crippen LogP contribution in [0.4, 0.5) is 0 Å². The summed E-state index contributed by atoms with van der Waals surface area (Å²) in [6.07, 6.45) is 6.74. The molecule has 2 aromatic rings. The summed E-state index contributed by atoms with van der Waals surface area (Å²) in [6.45, 7) is 2.25. The van der Waals surface area contributed by atoms with Gasteiger partial charge >= 0.3 is 0 Å². The molecule has 20 heavy (non-hydrogen) atoms. The summed E-state index contributed by atoms with van der Waals surface area (Å²) in [7, 11) is 0. The van der Waals surface area contributed by atoms with E-state index >= 15 is 0 Å². The molecule has 0 N–H and O–H groups in total. The molecule has 1 fully saturated rings. The van der Waals surface area contributed by atoms with E-state index in [-0.39, 0.29) is 11.1 Å². The number of aromatic nitrogens is 3. The van der Waals surface area contributed by atoms with Crippen LogP contribution in [0.3, 0.4) is 0 Å². The summed E-state index contributed by atoms with van der Waals surface area (Å²) < 4.78 is 6.79. The van der Waals surface area contributed by atoms with E-state index in [2.05, 4.69) is 10.1 Å². The molecule has 1 amide bonds. The van der Waals surface area contributed by atoms with Gasteiger partial charge in [-0.15, -0.1) is 0 Å². The van der Waals surface area contributed by atoms with Crippen LogP contribution in [0.2, 0.25) is 5.22 Å². The minimum Gasteiger partial charge on any atom is -0.452 e. The van der Waals surface area contributed by atoms with Gasteiger partial charge in [-0.2, -0.15) is 5.10 Å². The molecular weight excluding hydrogens is 280 g/mol. The number of hydrogen-bond donors (Lipinski definition) is 0. The average Bonchev–Trinajstić information content (AvgIpc) is 3.10. The second-order valence-electron chi connectivity index (χ2n) is 4.98. The maximum atomic E-state index is 12.4. The molecule has 0 aromatic carbocycles. The maximum Gasteiger partial charge on any atom is 0.258 e.